The van der Waals surface area contributed by atoms with E-state index in [0.29, 0.717) is 6.04 Å². The minimum Gasteiger partial charge on any atom is -0.350 e. The number of hydrogen-bond donors (Lipinski definition) is 1. The standard InChI is InChI=1S/C9H15NO.C2H6/c1-6-4-5-9(7(6)2)10-8(3)11;1-2/h9H,4-5H2,1-3H3,(H,10,11);1-2H3. The molecule has 0 aromatic rings. The highest BCUT2D eigenvalue weighted by molar-refractivity contribution is 5.73. The lowest BCUT2D eigenvalue weighted by Gasteiger charge is -2.12. The Bertz CT molecular complexity index is 206. The van der Waals surface area contributed by atoms with Crippen LogP contribution < -0.4 is 5.32 Å². The van der Waals surface area contributed by atoms with Crippen molar-refractivity contribution in [2.24, 2.45) is 0 Å². The number of allylic oxidation sites excluding steroid dienone is 1. The molecule has 1 N–H and O–H groups in total. The van der Waals surface area contributed by atoms with E-state index in [2.05, 4.69) is 19.2 Å². The van der Waals surface area contributed by atoms with Crippen LogP contribution in [-0.2, 0) is 4.79 Å². The van der Waals surface area contributed by atoms with Gasteiger partial charge >= 0.3 is 0 Å². The van der Waals surface area contributed by atoms with Crippen molar-refractivity contribution >= 4 is 5.91 Å². The smallest absolute Gasteiger partial charge is 0.217 e. The van der Waals surface area contributed by atoms with E-state index in [1.807, 2.05) is 13.8 Å². The quantitative estimate of drug-likeness (QED) is 0.622. The van der Waals surface area contributed by atoms with Crippen LogP contribution in [0.1, 0.15) is 47.5 Å². The van der Waals surface area contributed by atoms with Gasteiger partial charge in [-0.15, -0.1) is 0 Å². The summed E-state index contributed by atoms with van der Waals surface area (Å²) in [6, 6.07) is 0.312. The lowest BCUT2D eigenvalue weighted by Crippen LogP contribution is -2.31. The van der Waals surface area contributed by atoms with Gasteiger partial charge in [0.25, 0.3) is 0 Å². The van der Waals surface area contributed by atoms with Crippen LogP contribution in [0.15, 0.2) is 11.1 Å². The number of carbonyl (C=O) groups is 1. The van der Waals surface area contributed by atoms with Gasteiger partial charge in [-0.2, -0.15) is 0 Å². The topological polar surface area (TPSA) is 29.1 Å². The Balaban J connectivity index is 0.000000671. The minimum absolute atomic E-state index is 0.0732. The molecule has 0 bridgehead atoms. The van der Waals surface area contributed by atoms with Crippen molar-refractivity contribution in [2.45, 2.75) is 53.5 Å². The highest BCUT2D eigenvalue weighted by Gasteiger charge is 2.19. The summed E-state index contributed by atoms with van der Waals surface area (Å²) in [4.78, 5) is 10.7. The van der Waals surface area contributed by atoms with Gasteiger partial charge in [0.2, 0.25) is 5.91 Å². The molecule has 1 rings (SSSR count). The first-order valence-electron chi connectivity index (χ1n) is 5.04. The van der Waals surface area contributed by atoms with Crippen molar-refractivity contribution in [2.75, 3.05) is 0 Å². The molecule has 0 fully saturated rings. The maximum atomic E-state index is 10.7. The minimum atomic E-state index is 0.0732. The molecule has 2 nitrogen and oxygen atoms in total. The van der Waals surface area contributed by atoms with Gasteiger partial charge in [0.1, 0.15) is 0 Å². The van der Waals surface area contributed by atoms with Gasteiger partial charge in [-0.1, -0.05) is 25.0 Å². The second kappa shape index (κ2) is 5.79. The third-order valence-corrected chi connectivity index (χ3v) is 2.38. The molecule has 0 radical (unpaired) electrons. The molecule has 0 heterocycles. The maximum absolute atomic E-state index is 10.7. The predicted molar refractivity (Wildman–Crippen MR) is 56.6 cm³/mol. The van der Waals surface area contributed by atoms with E-state index in [4.69, 9.17) is 0 Å². The van der Waals surface area contributed by atoms with Crippen molar-refractivity contribution in [3.05, 3.63) is 11.1 Å². The largest absolute Gasteiger partial charge is 0.350 e. The van der Waals surface area contributed by atoms with Crippen LogP contribution >= 0.6 is 0 Å². The van der Waals surface area contributed by atoms with Crippen LogP contribution in [0.3, 0.4) is 0 Å². The third-order valence-electron chi connectivity index (χ3n) is 2.38. The van der Waals surface area contributed by atoms with Crippen molar-refractivity contribution in [1.29, 1.82) is 0 Å². The van der Waals surface area contributed by atoms with Gasteiger partial charge in [-0.3, -0.25) is 4.79 Å². The Kier molecular flexibility index (Phi) is 5.44. The fourth-order valence-electron chi connectivity index (χ4n) is 1.50. The van der Waals surface area contributed by atoms with Crippen molar-refractivity contribution in [1.82, 2.24) is 5.32 Å². The molecule has 0 spiro atoms. The first kappa shape index (κ1) is 12.2. The zero-order chi connectivity index (χ0) is 10.4. The normalized spacial score (nSPS) is 20.8. The molecular formula is C11H21NO. The third kappa shape index (κ3) is 3.62. The fraction of sp³-hybridized carbons (Fsp3) is 0.727. The Morgan fingerprint density at radius 1 is 1.38 bits per heavy atom. The molecule has 1 aliphatic rings. The first-order chi connectivity index (χ1) is 6.11. The van der Waals surface area contributed by atoms with Crippen molar-refractivity contribution < 1.29 is 4.79 Å². The second-order valence-corrected chi connectivity index (χ2v) is 3.26. The number of hydrogen-bond acceptors (Lipinski definition) is 1. The number of nitrogens with one attached hydrogen (secondary N) is 1. The summed E-state index contributed by atoms with van der Waals surface area (Å²) in [5, 5.41) is 2.93. The van der Waals surface area contributed by atoms with E-state index in [1.165, 1.54) is 11.1 Å². The molecule has 0 saturated carbocycles. The van der Waals surface area contributed by atoms with Gasteiger partial charge in [0.05, 0.1) is 6.04 Å². The zero-order valence-corrected chi connectivity index (χ0v) is 9.40. The molecule has 13 heavy (non-hydrogen) atoms. The second-order valence-electron chi connectivity index (χ2n) is 3.26. The molecule has 0 aromatic carbocycles. The van der Waals surface area contributed by atoms with Gasteiger partial charge in [0.15, 0.2) is 0 Å². The lowest BCUT2D eigenvalue weighted by atomic mass is 10.1. The number of rotatable bonds is 1. The average Bonchev–Trinajstić information content (AvgIpc) is 2.39. The first-order valence-corrected chi connectivity index (χ1v) is 5.04. The maximum Gasteiger partial charge on any atom is 0.217 e. The van der Waals surface area contributed by atoms with Crippen LogP contribution in [0.5, 0.6) is 0 Å². The monoisotopic (exact) mass is 183 g/mol. The van der Waals surface area contributed by atoms with E-state index in [-0.39, 0.29) is 5.91 Å². The summed E-state index contributed by atoms with van der Waals surface area (Å²) in [7, 11) is 0. The predicted octanol–water partition coefficient (Wildman–Crippen LogP) is 2.65. The summed E-state index contributed by atoms with van der Waals surface area (Å²) in [5.74, 6) is 0.0732. The van der Waals surface area contributed by atoms with Crippen LogP contribution in [-0.4, -0.2) is 11.9 Å². The van der Waals surface area contributed by atoms with Crippen LogP contribution in [0.25, 0.3) is 0 Å². The van der Waals surface area contributed by atoms with E-state index >= 15 is 0 Å². The van der Waals surface area contributed by atoms with Gasteiger partial charge in [-0.25, -0.2) is 0 Å². The molecule has 76 valence electrons. The summed E-state index contributed by atoms with van der Waals surface area (Å²) in [6.45, 7) is 9.81. The fourth-order valence-corrected chi connectivity index (χ4v) is 1.50. The van der Waals surface area contributed by atoms with Gasteiger partial charge in [0, 0.05) is 6.92 Å². The van der Waals surface area contributed by atoms with E-state index in [9.17, 15) is 4.79 Å². The van der Waals surface area contributed by atoms with E-state index < -0.39 is 0 Å². The van der Waals surface area contributed by atoms with Gasteiger partial charge in [-0.05, 0) is 26.7 Å². The lowest BCUT2D eigenvalue weighted by molar-refractivity contribution is -0.119. The number of carbonyl (C=O) groups excluding carboxylic acids is 1. The summed E-state index contributed by atoms with van der Waals surface area (Å²) in [5.41, 5.74) is 2.78. The van der Waals surface area contributed by atoms with E-state index in [0.717, 1.165) is 12.8 Å². The van der Waals surface area contributed by atoms with Crippen molar-refractivity contribution in [3.8, 4) is 0 Å². The van der Waals surface area contributed by atoms with E-state index in [1.54, 1.807) is 6.92 Å². The molecule has 0 aromatic heterocycles. The Labute approximate surface area is 81.4 Å². The molecular weight excluding hydrogens is 162 g/mol. The Morgan fingerprint density at radius 3 is 2.23 bits per heavy atom. The molecule has 1 atom stereocenters. The molecule has 1 amide bonds. The van der Waals surface area contributed by atoms with Crippen molar-refractivity contribution in [3.63, 3.8) is 0 Å². The highest BCUT2D eigenvalue weighted by Crippen LogP contribution is 2.25. The summed E-state index contributed by atoms with van der Waals surface area (Å²) >= 11 is 0. The summed E-state index contributed by atoms with van der Waals surface area (Å²) < 4.78 is 0. The molecule has 0 aliphatic heterocycles. The molecule has 1 aliphatic carbocycles. The Hall–Kier alpha value is -0.790. The van der Waals surface area contributed by atoms with Gasteiger partial charge < -0.3 is 5.32 Å². The molecule has 1 unspecified atom stereocenters. The van der Waals surface area contributed by atoms with Crippen LogP contribution in [0.2, 0.25) is 0 Å². The number of amides is 1. The SMILES string of the molecule is CC.CC(=O)NC1CCC(C)=C1C. The average molecular weight is 183 g/mol. The Morgan fingerprint density at radius 2 is 1.92 bits per heavy atom. The highest BCUT2D eigenvalue weighted by atomic mass is 16.1. The van der Waals surface area contributed by atoms with Crippen LogP contribution in [0, 0.1) is 0 Å². The molecule has 2 heteroatoms. The molecule has 0 saturated heterocycles. The zero-order valence-electron chi connectivity index (χ0n) is 9.40. The summed E-state index contributed by atoms with van der Waals surface area (Å²) in [6.07, 6.45) is 2.22. The van der Waals surface area contributed by atoms with Crippen LogP contribution in [0.4, 0.5) is 0 Å².